The number of aliphatic hydroxyl groups excluding tert-OH is 1. The van der Waals surface area contributed by atoms with Gasteiger partial charge in [-0.1, -0.05) is 22.9 Å². The third-order valence-electron chi connectivity index (χ3n) is 2.46. The molecule has 1 aromatic heterocycles. The molecule has 0 aliphatic heterocycles. The van der Waals surface area contributed by atoms with Gasteiger partial charge in [0.1, 0.15) is 18.1 Å². The van der Waals surface area contributed by atoms with E-state index in [0.29, 0.717) is 17.4 Å². The molecule has 2 aromatic rings. The van der Waals surface area contributed by atoms with Gasteiger partial charge >= 0.3 is 0 Å². The maximum atomic E-state index is 9.43. The molecule has 18 heavy (non-hydrogen) atoms. The molecule has 0 saturated heterocycles. The zero-order chi connectivity index (χ0) is 13.1. The third-order valence-corrected chi connectivity index (χ3v) is 2.76. The maximum absolute atomic E-state index is 9.43. The highest BCUT2D eigenvalue weighted by Gasteiger charge is 2.07. The van der Waals surface area contributed by atoms with Crippen LogP contribution in [-0.2, 0) is 13.7 Å². The minimum Gasteiger partial charge on any atom is -0.486 e. The van der Waals surface area contributed by atoms with Gasteiger partial charge in [-0.05, 0) is 24.6 Å². The molecule has 5 nitrogen and oxygen atoms in total. The largest absolute Gasteiger partial charge is 0.486 e. The highest BCUT2D eigenvalue weighted by atomic mass is 35.5. The first-order valence-electron chi connectivity index (χ1n) is 5.52. The van der Waals surface area contributed by atoms with Crippen LogP contribution in [-0.4, -0.2) is 20.1 Å². The molecule has 0 spiro atoms. The molecule has 1 N–H and O–H groups in total. The zero-order valence-electron chi connectivity index (χ0n) is 10.2. The lowest BCUT2D eigenvalue weighted by Crippen LogP contribution is -1.98. The van der Waals surface area contributed by atoms with Crippen LogP contribution in [0.3, 0.4) is 0 Å². The molecule has 0 amide bonds. The average molecular weight is 268 g/mol. The van der Waals surface area contributed by atoms with Crippen LogP contribution in [0.5, 0.6) is 5.75 Å². The van der Waals surface area contributed by atoms with Gasteiger partial charge in [-0.2, -0.15) is 0 Å². The Morgan fingerprint density at radius 3 is 2.83 bits per heavy atom. The van der Waals surface area contributed by atoms with Crippen molar-refractivity contribution in [3.63, 3.8) is 0 Å². The Kier molecular flexibility index (Phi) is 3.84. The minimum absolute atomic E-state index is 0.307. The van der Waals surface area contributed by atoms with Crippen LogP contribution < -0.4 is 4.74 Å². The van der Waals surface area contributed by atoms with Crippen molar-refractivity contribution in [2.75, 3.05) is 0 Å². The van der Waals surface area contributed by atoms with Crippen LogP contribution in [0.15, 0.2) is 24.4 Å². The first-order valence-corrected chi connectivity index (χ1v) is 5.89. The lowest BCUT2D eigenvalue weighted by molar-refractivity contribution is 0.199. The summed E-state index contributed by atoms with van der Waals surface area (Å²) in [5.41, 5.74) is 1.49. The molecule has 1 atom stereocenters. The number of nitrogens with zero attached hydrogens (tertiary/aromatic N) is 3. The number of aliphatic hydroxyl groups is 1. The Morgan fingerprint density at radius 1 is 1.50 bits per heavy atom. The Hall–Kier alpha value is -1.59. The zero-order valence-corrected chi connectivity index (χ0v) is 10.9. The fourth-order valence-corrected chi connectivity index (χ4v) is 1.75. The van der Waals surface area contributed by atoms with Crippen molar-refractivity contribution < 1.29 is 9.84 Å². The molecule has 1 aromatic carbocycles. The van der Waals surface area contributed by atoms with Crippen LogP contribution >= 0.6 is 11.6 Å². The summed E-state index contributed by atoms with van der Waals surface area (Å²) < 4.78 is 7.15. The second-order valence-corrected chi connectivity index (χ2v) is 4.45. The summed E-state index contributed by atoms with van der Waals surface area (Å²) in [4.78, 5) is 0. The van der Waals surface area contributed by atoms with E-state index in [1.54, 1.807) is 43.0 Å². The van der Waals surface area contributed by atoms with E-state index in [9.17, 15) is 5.11 Å². The van der Waals surface area contributed by atoms with Crippen LogP contribution in [0.25, 0.3) is 0 Å². The normalized spacial score (nSPS) is 12.4. The van der Waals surface area contributed by atoms with E-state index >= 15 is 0 Å². The quantitative estimate of drug-likeness (QED) is 0.922. The topological polar surface area (TPSA) is 60.2 Å². The molecule has 0 aliphatic carbocycles. The van der Waals surface area contributed by atoms with Crippen molar-refractivity contribution >= 4 is 11.6 Å². The predicted octanol–water partition coefficient (Wildman–Crippen LogP) is 2.10. The average Bonchev–Trinajstić information content (AvgIpc) is 2.73. The molecule has 0 radical (unpaired) electrons. The Morgan fingerprint density at radius 2 is 2.28 bits per heavy atom. The van der Waals surface area contributed by atoms with Gasteiger partial charge < -0.3 is 9.84 Å². The van der Waals surface area contributed by atoms with Gasteiger partial charge in [-0.3, -0.25) is 4.68 Å². The van der Waals surface area contributed by atoms with Crippen LogP contribution in [0, 0.1) is 0 Å². The van der Waals surface area contributed by atoms with Crippen molar-refractivity contribution in [2.24, 2.45) is 7.05 Å². The fourth-order valence-electron chi connectivity index (χ4n) is 1.51. The van der Waals surface area contributed by atoms with Gasteiger partial charge in [0.15, 0.2) is 0 Å². The van der Waals surface area contributed by atoms with E-state index in [-0.39, 0.29) is 0 Å². The van der Waals surface area contributed by atoms with Crippen LogP contribution in [0.2, 0.25) is 5.02 Å². The second-order valence-electron chi connectivity index (χ2n) is 4.04. The third kappa shape index (κ3) is 3.00. The molecule has 1 heterocycles. The summed E-state index contributed by atoms with van der Waals surface area (Å²) in [6.45, 7) is 1.99. The summed E-state index contributed by atoms with van der Waals surface area (Å²) in [7, 11) is 1.79. The van der Waals surface area contributed by atoms with Gasteiger partial charge in [0.25, 0.3) is 0 Å². The van der Waals surface area contributed by atoms with Crippen molar-refractivity contribution in [3.05, 3.63) is 40.7 Å². The highest BCUT2D eigenvalue weighted by molar-refractivity contribution is 6.32. The summed E-state index contributed by atoms with van der Waals surface area (Å²) in [5.74, 6) is 0.562. The van der Waals surface area contributed by atoms with Gasteiger partial charge in [0.05, 0.1) is 17.3 Å². The van der Waals surface area contributed by atoms with Gasteiger partial charge in [-0.25, -0.2) is 0 Å². The van der Waals surface area contributed by atoms with E-state index in [2.05, 4.69) is 10.3 Å². The molecule has 0 bridgehead atoms. The smallest absolute Gasteiger partial charge is 0.138 e. The number of hydrogen-bond donors (Lipinski definition) is 1. The van der Waals surface area contributed by atoms with Crippen molar-refractivity contribution in [1.29, 1.82) is 0 Å². The summed E-state index contributed by atoms with van der Waals surface area (Å²) in [5, 5.41) is 17.6. The second kappa shape index (κ2) is 5.37. The number of aromatic nitrogens is 3. The molecule has 0 aliphatic rings. The van der Waals surface area contributed by atoms with E-state index in [4.69, 9.17) is 16.3 Å². The molecule has 0 saturated carbocycles. The van der Waals surface area contributed by atoms with Gasteiger partial charge in [0.2, 0.25) is 0 Å². The monoisotopic (exact) mass is 267 g/mol. The van der Waals surface area contributed by atoms with E-state index in [0.717, 1.165) is 11.3 Å². The lowest BCUT2D eigenvalue weighted by atomic mass is 10.1. The standard InChI is InChI=1S/C12H14ClN3O2/c1-8(17)9-3-4-12(11(13)5-9)18-7-10-6-16(2)15-14-10/h3-6,8,17H,7H2,1-2H3. The maximum Gasteiger partial charge on any atom is 0.138 e. The molecule has 6 heteroatoms. The van der Waals surface area contributed by atoms with E-state index in [1.165, 1.54) is 0 Å². The number of hydrogen-bond acceptors (Lipinski definition) is 4. The van der Waals surface area contributed by atoms with Crippen LogP contribution in [0.1, 0.15) is 24.3 Å². The van der Waals surface area contributed by atoms with Crippen molar-refractivity contribution in [1.82, 2.24) is 15.0 Å². The van der Waals surface area contributed by atoms with Crippen molar-refractivity contribution in [2.45, 2.75) is 19.6 Å². The summed E-state index contributed by atoms with van der Waals surface area (Å²) in [6, 6.07) is 5.21. The van der Waals surface area contributed by atoms with Crippen molar-refractivity contribution in [3.8, 4) is 5.75 Å². The first kappa shape index (κ1) is 12.9. The molecular weight excluding hydrogens is 254 g/mol. The Labute approximate surface area is 110 Å². The molecule has 1 unspecified atom stereocenters. The molecular formula is C12H14ClN3O2. The molecule has 2 rings (SSSR count). The Bertz CT molecular complexity index is 540. The number of benzene rings is 1. The number of rotatable bonds is 4. The number of halogens is 1. The first-order chi connectivity index (χ1) is 8.56. The lowest BCUT2D eigenvalue weighted by Gasteiger charge is -2.09. The summed E-state index contributed by atoms with van der Waals surface area (Å²) in [6.07, 6.45) is 1.23. The number of aryl methyl sites for hydroxylation is 1. The molecule has 0 fully saturated rings. The van der Waals surface area contributed by atoms with Gasteiger partial charge in [-0.15, -0.1) is 5.10 Å². The Balaban J connectivity index is 2.05. The minimum atomic E-state index is -0.545. The predicted molar refractivity (Wildman–Crippen MR) is 67.4 cm³/mol. The van der Waals surface area contributed by atoms with E-state index in [1.807, 2.05) is 0 Å². The number of ether oxygens (including phenoxy) is 1. The van der Waals surface area contributed by atoms with Crippen LogP contribution in [0.4, 0.5) is 0 Å². The van der Waals surface area contributed by atoms with Gasteiger partial charge in [0, 0.05) is 7.05 Å². The highest BCUT2D eigenvalue weighted by Crippen LogP contribution is 2.28. The fraction of sp³-hybridized carbons (Fsp3) is 0.333. The molecule has 96 valence electrons. The summed E-state index contributed by atoms with van der Waals surface area (Å²) >= 11 is 6.07. The SMILES string of the molecule is CC(O)c1ccc(OCc2cn(C)nn2)c(Cl)c1. The van der Waals surface area contributed by atoms with E-state index < -0.39 is 6.10 Å².